The van der Waals surface area contributed by atoms with Gasteiger partial charge < -0.3 is 66.8 Å². The minimum absolute atomic E-state index is 0. The van der Waals surface area contributed by atoms with E-state index >= 15 is 0 Å². The molecule has 16 heterocycles. The van der Waals surface area contributed by atoms with E-state index < -0.39 is 44.8 Å². The Labute approximate surface area is 881 Å². The van der Waals surface area contributed by atoms with E-state index in [0.717, 1.165) is 169 Å². The minimum atomic E-state index is -3.72. The molecule has 2 amide bonds. The number of likely N-dealkylation sites (tertiary alicyclic amines) is 2. The van der Waals surface area contributed by atoms with Gasteiger partial charge in [0.15, 0.2) is 0 Å². The summed E-state index contributed by atoms with van der Waals surface area (Å²) in [4.78, 5) is 52.6. The van der Waals surface area contributed by atoms with Gasteiger partial charge in [0, 0.05) is 160 Å². The number of nitrogens with zero attached hydrogens (tertiary/aromatic N) is 16. The maximum atomic E-state index is 11.7. The van der Waals surface area contributed by atoms with E-state index in [1.807, 2.05) is 89.6 Å². The molecule has 0 bridgehead atoms. The molecule has 4 aliphatic heterocycles. The summed E-state index contributed by atoms with van der Waals surface area (Å²) in [6.45, 7) is 7.52. The third-order valence-corrected chi connectivity index (χ3v) is 36.1. The molecule has 788 valence electrons. The number of nitrogens with two attached hydrogens (primary N) is 2. The summed E-state index contributed by atoms with van der Waals surface area (Å²) in [6, 6.07) is 34.5. The largest absolute Gasteiger partial charge is 0.388 e. The Morgan fingerprint density at radius 3 is 0.689 bits per heavy atom. The van der Waals surface area contributed by atoms with Crippen molar-refractivity contribution in [3.05, 3.63) is 287 Å². The monoisotopic (exact) mass is 2090 g/mol. The molecule has 10 N–H and O–H groups in total. The highest BCUT2D eigenvalue weighted by atomic mass is 32.2. The Morgan fingerprint density at radius 1 is 0.277 bits per heavy atom. The Hall–Kier alpha value is -10.3. The fraction of sp³-hybridized carbons (Fsp3) is 0.509. The Bertz CT molecular complexity index is 6740. The zero-order valence-corrected chi connectivity index (χ0v) is 88.5. The molecule has 148 heavy (non-hydrogen) atoms. The normalized spacial score (nSPS) is 23.8. The standard InChI is InChI=1S/2C23H26N2O.2C18H23N3O2.2C16H22N4O3S.2H2S/c2*26-23(19-10-6-17(7-11-19)16-4-2-1-3-5-16)22-20(18-8-9-18)12-13-25-15-24-14-21(22)25;2*1-12(22)20-7-2-3-14(10-20)18(23)17-15(13-4-5-13)6-8-21-11-19-9-16(17)21;2*17-24(22,23)20-6-1-2-12(9-20)16(21)15-13(11-3-4-11)5-7-19-10-18-8-14(15)19;;/h2*1-5,12-15,17-19,23,26H,6-11H2;2*6,8-9,11,13-14,18,23H,2-5,7,10H2,1H3;2*5,7-8,10-12,16,21H,1-4,6,9H2,(H2,17,22,23);2*1H2/t2*17?,19?,23-;;;;;;/m00....../s1. The number of fused-ring (bicyclic) bond motifs is 6. The number of imidazole rings is 6. The number of pyridine rings is 6. The van der Waals surface area contributed by atoms with Crippen LogP contribution >= 0.6 is 27.0 Å². The summed E-state index contributed by atoms with van der Waals surface area (Å²) in [5, 5.41) is 77.7. The maximum Gasteiger partial charge on any atom is 0.276 e. The number of carbonyl (C=O) groups is 2. The zero-order valence-electron chi connectivity index (χ0n) is 84.9. The second-order valence-electron chi connectivity index (χ2n) is 43.9. The molecule has 0 spiro atoms. The number of amides is 2. The summed E-state index contributed by atoms with van der Waals surface area (Å²) in [5.74, 6) is 5.52. The topological polar surface area (TPSA) is 393 Å². The first-order chi connectivity index (χ1) is 70.8. The van der Waals surface area contributed by atoms with Crippen LogP contribution in [-0.4, -0.2) is 186 Å². The number of piperidine rings is 4. The van der Waals surface area contributed by atoms with E-state index in [-0.39, 0.29) is 87.8 Å². The summed E-state index contributed by atoms with van der Waals surface area (Å²) >= 11 is 0. The third kappa shape index (κ3) is 23.8. The molecule has 8 aliphatic carbocycles. The van der Waals surface area contributed by atoms with Gasteiger partial charge in [-0.2, -0.15) is 52.4 Å². The van der Waals surface area contributed by atoms with Crippen molar-refractivity contribution in [3.63, 3.8) is 0 Å². The minimum Gasteiger partial charge on any atom is -0.388 e. The Kier molecular flexibility index (Phi) is 33.1. The first-order valence-corrected chi connectivity index (χ1v) is 56.7. The van der Waals surface area contributed by atoms with Crippen LogP contribution in [0.5, 0.6) is 0 Å². The van der Waals surface area contributed by atoms with Crippen molar-refractivity contribution in [1.29, 1.82) is 0 Å². The van der Waals surface area contributed by atoms with Gasteiger partial charge in [-0.15, -0.1) is 0 Å². The van der Waals surface area contributed by atoms with Gasteiger partial charge in [-0.25, -0.2) is 40.2 Å². The predicted molar refractivity (Wildman–Crippen MR) is 581 cm³/mol. The fourth-order valence-electron chi connectivity index (χ4n) is 25.1. The van der Waals surface area contributed by atoms with Gasteiger partial charge in [-0.3, -0.25) is 9.59 Å². The smallest absolute Gasteiger partial charge is 0.276 e. The molecule has 26 rings (SSSR count). The molecule has 0 radical (unpaired) electrons. The highest BCUT2D eigenvalue weighted by Gasteiger charge is 2.44. The van der Waals surface area contributed by atoms with E-state index in [9.17, 15) is 57.1 Å². The fourth-order valence-corrected chi connectivity index (χ4v) is 26.6. The van der Waals surface area contributed by atoms with E-state index in [1.54, 1.807) is 51.6 Å². The van der Waals surface area contributed by atoms with Crippen LogP contribution in [-0.2, 0) is 30.0 Å². The quantitative estimate of drug-likeness (QED) is 0.0312. The SMILES string of the molecule is CC(=O)N1CCCC(C(O)c2c(C3CC3)ccn3cncc23)C1.CC(=O)N1CCCC(C(O)c2c(C3CC3)ccn3cncc23)C1.NS(=O)(=O)N1CCCC(C(O)c2c(C3CC3)ccn3cncc23)C1.NS(=O)(=O)N1CCCC(C(O)c2c(C3CC3)ccn3cncc23)C1.O[C@H](c1c(C2CC2)ccn2cncc12)C1CCC(c2ccccc2)CC1.O[C@H](c1c(C2CC2)ccn2cncc12)C1CCC(c2ccccc2)CC1.S.S. The highest BCUT2D eigenvalue weighted by molar-refractivity contribution is 7.87. The molecule has 8 saturated carbocycles. The van der Waals surface area contributed by atoms with Crippen LogP contribution in [0, 0.1) is 35.5 Å². The van der Waals surface area contributed by atoms with E-state index in [4.69, 9.17) is 10.3 Å². The second kappa shape index (κ2) is 46.1. The molecule has 10 atom stereocenters. The number of aliphatic hydroxyl groups is 6. The van der Waals surface area contributed by atoms with Crippen molar-refractivity contribution in [2.75, 3.05) is 52.4 Å². The molecule has 12 aliphatic rings. The second-order valence-corrected chi connectivity index (χ2v) is 47.0. The van der Waals surface area contributed by atoms with Gasteiger partial charge >= 0.3 is 0 Å². The molecule has 34 heteroatoms. The number of benzene rings is 2. The van der Waals surface area contributed by atoms with Crippen LogP contribution < -0.4 is 10.3 Å². The van der Waals surface area contributed by atoms with Crippen LogP contribution in [0.2, 0.25) is 0 Å². The molecule has 30 nitrogen and oxygen atoms in total. The molecule has 12 fully saturated rings. The van der Waals surface area contributed by atoms with Crippen LogP contribution in [0.15, 0.2) is 209 Å². The molecule has 14 aromatic rings. The van der Waals surface area contributed by atoms with E-state index in [0.29, 0.717) is 98.2 Å². The van der Waals surface area contributed by atoms with Crippen molar-refractivity contribution < 1.29 is 57.1 Å². The lowest BCUT2D eigenvalue weighted by Gasteiger charge is -2.35. The molecular formula is C114H146N18O12S4. The van der Waals surface area contributed by atoms with Gasteiger partial charge in [0.1, 0.15) is 0 Å². The van der Waals surface area contributed by atoms with Crippen molar-refractivity contribution >= 4 is 92.3 Å². The lowest BCUT2D eigenvalue weighted by atomic mass is 9.75. The third-order valence-electron chi connectivity index (χ3n) is 34.0. The number of aromatic nitrogens is 12. The Balaban J connectivity index is 0.000000111. The predicted octanol–water partition coefficient (Wildman–Crippen LogP) is 18.0. The molecule has 2 aromatic carbocycles. The maximum absolute atomic E-state index is 11.7. The molecule has 12 aromatic heterocycles. The number of carbonyl (C=O) groups excluding carboxylic acids is 2. The first kappa shape index (κ1) is 106. The molecular weight excluding hydrogens is 1940 g/mol. The number of hydrogen-bond acceptors (Lipinski definition) is 18. The lowest BCUT2D eigenvalue weighted by molar-refractivity contribution is -0.132. The summed E-state index contributed by atoms with van der Waals surface area (Å²) in [7, 11) is -7.43. The van der Waals surface area contributed by atoms with Crippen molar-refractivity contribution in [2.45, 2.75) is 278 Å². The lowest BCUT2D eigenvalue weighted by Crippen LogP contribution is -2.44. The van der Waals surface area contributed by atoms with Crippen LogP contribution in [0.4, 0.5) is 0 Å². The van der Waals surface area contributed by atoms with E-state index in [1.165, 1.54) is 130 Å². The van der Waals surface area contributed by atoms with Gasteiger partial charge in [0.2, 0.25) is 11.8 Å². The van der Waals surface area contributed by atoms with Crippen molar-refractivity contribution in [1.82, 2.24) is 74.7 Å². The molecule has 4 saturated heterocycles. The highest BCUT2D eigenvalue weighted by Crippen LogP contribution is 2.55. The van der Waals surface area contributed by atoms with Crippen molar-refractivity contribution in [2.24, 2.45) is 45.8 Å². The number of hydrogen-bond donors (Lipinski definition) is 8. The van der Waals surface area contributed by atoms with Gasteiger partial charge in [-0.05, 0) is 320 Å². The summed E-state index contributed by atoms with van der Waals surface area (Å²) in [6.07, 6.45) is 61.0. The summed E-state index contributed by atoms with van der Waals surface area (Å²) < 4.78 is 61.1. The average Bonchev–Trinajstić information content (AvgIpc) is 1.86. The van der Waals surface area contributed by atoms with Gasteiger partial charge in [0.05, 0.1) is 145 Å². The first-order valence-electron chi connectivity index (χ1n) is 53.7. The zero-order chi connectivity index (χ0) is 101. The van der Waals surface area contributed by atoms with Gasteiger partial charge in [0.25, 0.3) is 20.4 Å². The van der Waals surface area contributed by atoms with Crippen LogP contribution in [0.1, 0.15) is 355 Å². The Morgan fingerprint density at radius 2 is 0.480 bits per heavy atom. The van der Waals surface area contributed by atoms with Crippen molar-refractivity contribution in [3.8, 4) is 0 Å². The average molecular weight is 2090 g/mol. The molecule has 8 unspecified atom stereocenters. The number of rotatable bonds is 22. The number of aliphatic hydroxyl groups excluding tert-OH is 6. The van der Waals surface area contributed by atoms with Gasteiger partial charge in [-0.1, -0.05) is 60.7 Å². The van der Waals surface area contributed by atoms with E-state index in [2.05, 4.69) is 148 Å². The summed E-state index contributed by atoms with van der Waals surface area (Å²) in [5.41, 5.74) is 22.7. The van der Waals surface area contributed by atoms with Crippen LogP contribution in [0.3, 0.4) is 0 Å². The van der Waals surface area contributed by atoms with Crippen LogP contribution in [0.25, 0.3) is 33.1 Å².